The van der Waals surface area contributed by atoms with Crippen LogP contribution in [0.5, 0.6) is 17.6 Å². The zero-order valence-corrected chi connectivity index (χ0v) is 11.5. The third-order valence-electron chi connectivity index (χ3n) is 2.87. The summed E-state index contributed by atoms with van der Waals surface area (Å²) in [5.41, 5.74) is -0.0131. The van der Waals surface area contributed by atoms with Crippen LogP contribution in [0.15, 0.2) is 57.7 Å². The van der Waals surface area contributed by atoms with E-state index in [1.807, 2.05) is 0 Å². The van der Waals surface area contributed by atoms with E-state index in [0.717, 1.165) is 4.68 Å². The molecule has 0 aliphatic rings. The molecular weight excluding hydrogens is 291 g/mol. The van der Waals surface area contributed by atoms with Crippen molar-refractivity contribution >= 4 is 0 Å². The number of hydrogen-bond donors (Lipinski definition) is 0. The van der Waals surface area contributed by atoms with E-state index in [1.54, 1.807) is 37.4 Å². The number of aromatic nitrogens is 2. The molecule has 3 rings (SSSR count). The van der Waals surface area contributed by atoms with Gasteiger partial charge < -0.3 is 13.9 Å². The molecule has 1 aromatic heterocycles. The highest BCUT2D eigenvalue weighted by Crippen LogP contribution is 2.22. The van der Waals surface area contributed by atoms with Gasteiger partial charge in [0.25, 0.3) is 0 Å². The first-order valence-electron chi connectivity index (χ1n) is 6.34. The number of nitrogens with zero attached hydrogens (tertiary/aromatic N) is 2. The Balaban J connectivity index is 1.89. The molecule has 0 atom stereocenters. The van der Waals surface area contributed by atoms with Gasteiger partial charge in [-0.1, -0.05) is 17.2 Å². The Labute approximate surface area is 124 Å². The number of para-hydroxylation sites is 1. The van der Waals surface area contributed by atoms with Crippen LogP contribution in [0, 0.1) is 5.82 Å². The summed E-state index contributed by atoms with van der Waals surface area (Å²) in [7, 11) is 1.55. The molecule has 0 aliphatic carbocycles. The number of benzene rings is 2. The van der Waals surface area contributed by atoms with E-state index < -0.39 is 11.6 Å². The third-order valence-corrected chi connectivity index (χ3v) is 2.87. The van der Waals surface area contributed by atoms with Crippen LogP contribution in [0.1, 0.15) is 0 Å². The Hall–Kier alpha value is -3.09. The van der Waals surface area contributed by atoms with Gasteiger partial charge in [0.05, 0.1) is 7.11 Å². The van der Waals surface area contributed by atoms with E-state index in [-0.39, 0.29) is 11.8 Å². The number of hydrogen-bond acceptors (Lipinski definition) is 5. The number of ether oxygens (including phenoxy) is 2. The number of halogens is 1. The highest BCUT2D eigenvalue weighted by Gasteiger charge is 2.14. The Bertz CT molecular complexity index is 839. The van der Waals surface area contributed by atoms with Crippen LogP contribution < -0.4 is 15.2 Å². The van der Waals surface area contributed by atoms with Crippen LogP contribution in [0.2, 0.25) is 0 Å². The van der Waals surface area contributed by atoms with E-state index in [9.17, 15) is 9.18 Å². The molecule has 1 heterocycles. The lowest BCUT2D eigenvalue weighted by Gasteiger charge is -2.02. The normalized spacial score (nSPS) is 10.5. The van der Waals surface area contributed by atoms with Crippen LogP contribution in [0.4, 0.5) is 4.39 Å². The number of rotatable bonds is 4. The van der Waals surface area contributed by atoms with Gasteiger partial charge in [0, 0.05) is 0 Å². The van der Waals surface area contributed by atoms with Gasteiger partial charge in [-0.15, -0.1) is 0 Å². The van der Waals surface area contributed by atoms with E-state index in [2.05, 4.69) is 5.10 Å². The summed E-state index contributed by atoms with van der Waals surface area (Å²) < 4.78 is 29.7. The maximum Gasteiger partial charge on any atom is 0.444 e. The van der Waals surface area contributed by atoms with Crippen molar-refractivity contribution in [2.24, 2.45) is 0 Å². The molecular formula is C15H11FN2O4. The fraction of sp³-hybridized carbons (Fsp3) is 0.0667. The Morgan fingerprint density at radius 2 is 1.77 bits per heavy atom. The van der Waals surface area contributed by atoms with Gasteiger partial charge in [-0.3, -0.25) is 0 Å². The minimum Gasteiger partial charge on any atom is -0.497 e. The molecule has 0 unspecified atom stereocenters. The van der Waals surface area contributed by atoms with Crippen LogP contribution >= 0.6 is 0 Å². The molecule has 0 bridgehead atoms. The average Bonchev–Trinajstić information content (AvgIpc) is 2.89. The molecule has 0 aliphatic heterocycles. The van der Waals surface area contributed by atoms with Crippen molar-refractivity contribution in [3.05, 3.63) is 64.9 Å². The predicted molar refractivity (Wildman–Crippen MR) is 75.1 cm³/mol. The van der Waals surface area contributed by atoms with Crippen molar-refractivity contribution in [2.75, 3.05) is 7.11 Å². The second-order valence-electron chi connectivity index (χ2n) is 4.27. The van der Waals surface area contributed by atoms with E-state index in [0.29, 0.717) is 11.5 Å². The summed E-state index contributed by atoms with van der Waals surface area (Å²) in [5.74, 6) is -0.365. The second kappa shape index (κ2) is 5.72. The van der Waals surface area contributed by atoms with Gasteiger partial charge in [0.1, 0.15) is 23.0 Å². The Kier molecular flexibility index (Phi) is 3.61. The molecule has 0 saturated heterocycles. The molecule has 3 aromatic rings. The van der Waals surface area contributed by atoms with Crippen LogP contribution in [-0.4, -0.2) is 16.9 Å². The lowest BCUT2D eigenvalue weighted by Crippen LogP contribution is -2.14. The topological polar surface area (TPSA) is 66.5 Å². The molecule has 0 amide bonds. The zero-order chi connectivity index (χ0) is 15.5. The molecule has 22 heavy (non-hydrogen) atoms. The maximum absolute atomic E-state index is 13.7. The first kappa shape index (κ1) is 13.9. The van der Waals surface area contributed by atoms with Crippen molar-refractivity contribution in [1.82, 2.24) is 9.78 Å². The van der Waals surface area contributed by atoms with E-state index in [4.69, 9.17) is 13.9 Å². The quantitative estimate of drug-likeness (QED) is 0.741. The lowest BCUT2D eigenvalue weighted by atomic mass is 10.3. The van der Waals surface area contributed by atoms with E-state index >= 15 is 0 Å². The second-order valence-corrected chi connectivity index (χ2v) is 4.27. The molecule has 112 valence electrons. The standard InChI is InChI=1S/C15H11FN2O4/c1-20-10-6-8-11(9-7-10)21-14-17-18(15(19)22-14)13-5-3-2-4-12(13)16/h2-9H,1H3. The first-order valence-corrected chi connectivity index (χ1v) is 6.34. The van der Waals surface area contributed by atoms with E-state index in [1.165, 1.54) is 18.2 Å². The fourth-order valence-corrected chi connectivity index (χ4v) is 1.82. The maximum atomic E-state index is 13.7. The first-order chi connectivity index (χ1) is 10.7. The van der Waals surface area contributed by atoms with Crippen LogP contribution in [0.25, 0.3) is 5.69 Å². The highest BCUT2D eigenvalue weighted by molar-refractivity contribution is 5.33. The summed E-state index contributed by atoms with van der Waals surface area (Å²) in [5, 5.41) is 3.82. The predicted octanol–water partition coefficient (Wildman–Crippen LogP) is 2.77. The van der Waals surface area contributed by atoms with Gasteiger partial charge in [0.15, 0.2) is 0 Å². The zero-order valence-electron chi connectivity index (χ0n) is 11.5. The summed E-state index contributed by atoms with van der Waals surface area (Å²) in [6.07, 6.45) is -0.279. The smallest absolute Gasteiger partial charge is 0.444 e. The van der Waals surface area contributed by atoms with Gasteiger partial charge in [-0.2, -0.15) is 4.68 Å². The van der Waals surface area contributed by atoms with Crippen molar-refractivity contribution < 1.29 is 18.3 Å². The highest BCUT2D eigenvalue weighted by atomic mass is 19.1. The molecule has 0 spiro atoms. The SMILES string of the molecule is COc1ccc(Oc2nn(-c3ccccc3F)c(=O)o2)cc1. The minimum atomic E-state index is -0.839. The molecule has 0 radical (unpaired) electrons. The van der Waals surface area contributed by atoms with Gasteiger partial charge >= 0.3 is 11.8 Å². The molecule has 2 aromatic carbocycles. The van der Waals surface area contributed by atoms with Gasteiger partial charge in [-0.25, -0.2) is 9.18 Å². The van der Waals surface area contributed by atoms with Crippen molar-refractivity contribution in [3.8, 4) is 23.3 Å². The largest absolute Gasteiger partial charge is 0.497 e. The molecule has 0 saturated carbocycles. The lowest BCUT2D eigenvalue weighted by molar-refractivity contribution is 0.319. The van der Waals surface area contributed by atoms with Crippen molar-refractivity contribution in [3.63, 3.8) is 0 Å². The van der Waals surface area contributed by atoms with Crippen molar-refractivity contribution in [2.45, 2.75) is 0 Å². The summed E-state index contributed by atoms with van der Waals surface area (Å²) in [6, 6.07) is 12.4. The summed E-state index contributed by atoms with van der Waals surface area (Å²) >= 11 is 0. The summed E-state index contributed by atoms with van der Waals surface area (Å²) in [6.45, 7) is 0. The van der Waals surface area contributed by atoms with Gasteiger partial charge in [0.2, 0.25) is 0 Å². The number of methoxy groups -OCH3 is 1. The average molecular weight is 302 g/mol. The molecule has 0 fully saturated rings. The minimum absolute atomic E-state index is 0.0131. The molecule has 0 N–H and O–H groups in total. The van der Waals surface area contributed by atoms with Crippen LogP contribution in [-0.2, 0) is 0 Å². The summed E-state index contributed by atoms with van der Waals surface area (Å²) in [4.78, 5) is 11.8. The van der Waals surface area contributed by atoms with Crippen molar-refractivity contribution in [1.29, 1.82) is 0 Å². The molecule has 6 nitrogen and oxygen atoms in total. The fourth-order valence-electron chi connectivity index (χ4n) is 1.82. The van der Waals surface area contributed by atoms with Gasteiger partial charge in [-0.05, 0) is 36.4 Å². The Morgan fingerprint density at radius 1 is 1.09 bits per heavy atom. The monoisotopic (exact) mass is 302 g/mol. The Morgan fingerprint density at radius 3 is 2.45 bits per heavy atom. The third kappa shape index (κ3) is 2.69. The molecule has 7 heteroatoms. The van der Waals surface area contributed by atoms with Crippen LogP contribution in [0.3, 0.4) is 0 Å².